The maximum Gasteiger partial charge on any atom is 0.237 e. The van der Waals surface area contributed by atoms with Gasteiger partial charge in [-0.2, -0.15) is 0 Å². The number of carbonyl (C=O) groups excluding carboxylic acids is 1. The van der Waals surface area contributed by atoms with Gasteiger partial charge in [-0.1, -0.05) is 41.1 Å². The Bertz CT molecular complexity index is 928. The Morgan fingerprint density at radius 1 is 1.20 bits per heavy atom. The van der Waals surface area contributed by atoms with Crippen LogP contribution < -0.4 is 5.32 Å². The summed E-state index contributed by atoms with van der Waals surface area (Å²) in [6.07, 6.45) is 0. The minimum atomic E-state index is -0.281. The number of aryl methyl sites for hydroxylation is 3. The summed E-state index contributed by atoms with van der Waals surface area (Å²) < 4.78 is 0. The standard InChI is InChI=1S/C19H20ClN3OS/c1-10-7-11(2)17(12(3)8-10)23-18(24)13(4)25-19-21-15-6-5-14(20)9-16(15)22-19/h5-9,13H,1-4H3,(H,21,22)(H,23,24)/t13-/m0/s1. The number of thioether (sulfide) groups is 1. The van der Waals surface area contributed by atoms with Crippen molar-refractivity contribution in [2.24, 2.45) is 0 Å². The first-order valence-corrected chi connectivity index (χ1v) is 9.30. The fraction of sp³-hybridized carbons (Fsp3) is 0.263. The summed E-state index contributed by atoms with van der Waals surface area (Å²) in [5.74, 6) is -0.0430. The van der Waals surface area contributed by atoms with Crippen molar-refractivity contribution in [3.63, 3.8) is 0 Å². The maximum atomic E-state index is 12.6. The Labute approximate surface area is 156 Å². The number of fused-ring (bicyclic) bond motifs is 1. The van der Waals surface area contributed by atoms with Gasteiger partial charge in [0.1, 0.15) is 0 Å². The fourth-order valence-electron chi connectivity index (χ4n) is 2.84. The summed E-state index contributed by atoms with van der Waals surface area (Å²) in [6.45, 7) is 7.95. The Balaban J connectivity index is 1.74. The van der Waals surface area contributed by atoms with Gasteiger partial charge >= 0.3 is 0 Å². The number of rotatable bonds is 4. The molecule has 0 saturated heterocycles. The number of aromatic nitrogens is 2. The lowest BCUT2D eigenvalue weighted by Gasteiger charge is -2.15. The van der Waals surface area contributed by atoms with E-state index in [1.54, 1.807) is 6.07 Å². The molecule has 2 aromatic carbocycles. The monoisotopic (exact) mass is 373 g/mol. The second-order valence-electron chi connectivity index (χ2n) is 6.23. The number of anilines is 1. The molecule has 3 rings (SSSR count). The van der Waals surface area contributed by atoms with Gasteiger partial charge in [0.05, 0.1) is 16.3 Å². The molecule has 0 radical (unpaired) electrons. The molecule has 2 N–H and O–H groups in total. The lowest BCUT2D eigenvalue weighted by molar-refractivity contribution is -0.115. The lowest BCUT2D eigenvalue weighted by Crippen LogP contribution is -2.23. The first-order chi connectivity index (χ1) is 11.8. The number of nitrogens with one attached hydrogen (secondary N) is 2. The van der Waals surface area contributed by atoms with Gasteiger partial charge in [-0.05, 0) is 57.0 Å². The van der Waals surface area contributed by atoms with Crippen LogP contribution >= 0.6 is 23.4 Å². The van der Waals surface area contributed by atoms with E-state index < -0.39 is 0 Å². The van der Waals surface area contributed by atoms with Crippen molar-refractivity contribution in [2.45, 2.75) is 38.1 Å². The molecule has 3 aromatic rings. The van der Waals surface area contributed by atoms with Crippen LogP contribution in [0.5, 0.6) is 0 Å². The molecule has 1 aromatic heterocycles. The molecule has 0 spiro atoms. The highest BCUT2D eigenvalue weighted by Crippen LogP contribution is 2.27. The number of halogens is 1. The highest BCUT2D eigenvalue weighted by molar-refractivity contribution is 8.00. The van der Waals surface area contributed by atoms with Crippen molar-refractivity contribution >= 4 is 46.0 Å². The third-order valence-electron chi connectivity index (χ3n) is 4.01. The molecule has 0 bridgehead atoms. The van der Waals surface area contributed by atoms with E-state index in [0.717, 1.165) is 27.8 Å². The molecule has 0 aliphatic carbocycles. The number of amides is 1. The summed E-state index contributed by atoms with van der Waals surface area (Å²) in [7, 11) is 0. The van der Waals surface area contributed by atoms with Gasteiger partial charge < -0.3 is 10.3 Å². The quantitative estimate of drug-likeness (QED) is 0.613. The summed E-state index contributed by atoms with van der Waals surface area (Å²) in [6, 6.07) is 9.64. The molecule has 0 saturated carbocycles. The number of nitrogens with zero attached hydrogens (tertiary/aromatic N) is 1. The predicted octanol–water partition coefficient (Wildman–Crippen LogP) is 5.26. The molecule has 1 heterocycles. The van der Waals surface area contributed by atoms with Gasteiger partial charge in [-0.25, -0.2) is 4.98 Å². The van der Waals surface area contributed by atoms with Crippen LogP contribution in [-0.2, 0) is 4.79 Å². The van der Waals surface area contributed by atoms with E-state index in [9.17, 15) is 4.79 Å². The molecule has 0 unspecified atom stereocenters. The zero-order chi connectivity index (χ0) is 18.1. The van der Waals surface area contributed by atoms with Crippen molar-refractivity contribution in [2.75, 3.05) is 5.32 Å². The molecule has 1 atom stereocenters. The van der Waals surface area contributed by atoms with Crippen molar-refractivity contribution in [1.29, 1.82) is 0 Å². The Morgan fingerprint density at radius 3 is 2.56 bits per heavy atom. The van der Waals surface area contributed by atoms with Crippen molar-refractivity contribution in [3.05, 3.63) is 52.0 Å². The molecule has 130 valence electrons. The normalized spacial score (nSPS) is 12.4. The topological polar surface area (TPSA) is 57.8 Å². The molecule has 4 nitrogen and oxygen atoms in total. The first-order valence-electron chi connectivity index (χ1n) is 8.04. The van der Waals surface area contributed by atoms with E-state index in [0.29, 0.717) is 10.2 Å². The van der Waals surface area contributed by atoms with Crippen LogP contribution in [0.1, 0.15) is 23.6 Å². The number of carbonyl (C=O) groups is 1. The largest absolute Gasteiger partial charge is 0.333 e. The molecular weight excluding hydrogens is 354 g/mol. The van der Waals surface area contributed by atoms with Crippen LogP contribution in [0, 0.1) is 20.8 Å². The van der Waals surface area contributed by atoms with Crippen LogP contribution in [0.15, 0.2) is 35.5 Å². The van der Waals surface area contributed by atoms with Gasteiger partial charge in [-0.3, -0.25) is 4.79 Å². The minimum absolute atomic E-state index is 0.0430. The number of hydrogen-bond acceptors (Lipinski definition) is 3. The third-order valence-corrected chi connectivity index (χ3v) is 5.22. The molecule has 0 fully saturated rings. The second kappa shape index (κ2) is 7.10. The van der Waals surface area contributed by atoms with Gasteiger partial charge in [0.2, 0.25) is 5.91 Å². The molecule has 1 amide bonds. The Morgan fingerprint density at radius 2 is 1.88 bits per heavy atom. The van der Waals surface area contributed by atoms with Gasteiger partial charge in [0, 0.05) is 10.7 Å². The zero-order valence-corrected chi connectivity index (χ0v) is 16.2. The van der Waals surface area contributed by atoms with E-state index in [1.807, 2.05) is 32.9 Å². The lowest BCUT2D eigenvalue weighted by atomic mass is 10.1. The number of imidazole rings is 1. The minimum Gasteiger partial charge on any atom is -0.333 e. The zero-order valence-electron chi connectivity index (χ0n) is 14.6. The van der Waals surface area contributed by atoms with Crippen molar-refractivity contribution in [3.8, 4) is 0 Å². The van der Waals surface area contributed by atoms with Crippen LogP contribution in [0.2, 0.25) is 5.02 Å². The van der Waals surface area contributed by atoms with E-state index in [1.165, 1.54) is 17.3 Å². The molecule has 25 heavy (non-hydrogen) atoms. The van der Waals surface area contributed by atoms with Gasteiger partial charge in [0.25, 0.3) is 0 Å². The number of hydrogen-bond donors (Lipinski definition) is 2. The molecular formula is C19H20ClN3OS. The number of benzene rings is 2. The van der Waals surface area contributed by atoms with Gasteiger partial charge in [0.15, 0.2) is 5.16 Å². The molecule has 6 heteroatoms. The van der Waals surface area contributed by atoms with E-state index in [-0.39, 0.29) is 11.2 Å². The highest BCUT2D eigenvalue weighted by Gasteiger charge is 2.18. The highest BCUT2D eigenvalue weighted by atomic mass is 35.5. The van der Waals surface area contributed by atoms with Crippen molar-refractivity contribution < 1.29 is 4.79 Å². The van der Waals surface area contributed by atoms with Gasteiger partial charge in [-0.15, -0.1) is 0 Å². The molecule has 0 aliphatic heterocycles. The smallest absolute Gasteiger partial charge is 0.237 e. The number of aromatic amines is 1. The van der Waals surface area contributed by atoms with Crippen LogP contribution in [0.25, 0.3) is 11.0 Å². The van der Waals surface area contributed by atoms with Crippen LogP contribution in [0.3, 0.4) is 0 Å². The Hall–Kier alpha value is -1.98. The van der Waals surface area contributed by atoms with Crippen molar-refractivity contribution in [1.82, 2.24) is 9.97 Å². The Kier molecular flexibility index (Phi) is 5.06. The maximum absolute atomic E-state index is 12.6. The SMILES string of the molecule is Cc1cc(C)c(NC(=O)[C@H](C)Sc2nc3ccc(Cl)cc3[nH]2)c(C)c1. The second-order valence-corrected chi connectivity index (χ2v) is 7.99. The average Bonchev–Trinajstić information content (AvgIpc) is 2.91. The summed E-state index contributed by atoms with van der Waals surface area (Å²) >= 11 is 7.39. The predicted molar refractivity (Wildman–Crippen MR) is 106 cm³/mol. The average molecular weight is 374 g/mol. The van der Waals surface area contributed by atoms with Crippen LogP contribution in [0.4, 0.5) is 5.69 Å². The molecule has 0 aliphatic rings. The van der Waals surface area contributed by atoms with E-state index in [2.05, 4.69) is 34.3 Å². The summed E-state index contributed by atoms with van der Waals surface area (Å²) in [4.78, 5) is 20.3. The third kappa shape index (κ3) is 3.99. The summed E-state index contributed by atoms with van der Waals surface area (Å²) in [5, 5.41) is 4.13. The number of H-pyrrole nitrogens is 1. The van der Waals surface area contributed by atoms with E-state index in [4.69, 9.17) is 11.6 Å². The summed E-state index contributed by atoms with van der Waals surface area (Å²) in [5.41, 5.74) is 5.93. The van der Waals surface area contributed by atoms with E-state index >= 15 is 0 Å². The first kappa shape index (κ1) is 17.8. The van der Waals surface area contributed by atoms with Crippen LogP contribution in [-0.4, -0.2) is 21.1 Å². The fourth-order valence-corrected chi connectivity index (χ4v) is 3.83.